The third kappa shape index (κ3) is 2.47. The van der Waals surface area contributed by atoms with E-state index in [1.807, 2.05) is 11.4 Å². The molecule has 0 saturated carbocycles. The summed E-state index contributed by atoms with van der Waals surface area (Å²) in [6, 6.07) is 10.5. The molecule has 0 bridgehead atoms. The van der Waals surface area contributed by atoms with Gasteiger partial charge >= 0.3 is 0 Å². The minimum Gasteiger partial charge on any atom is -0.297 e. The van der Waals surface area contributed by atoms with Gasteiger partial charge in [-0.1, -0.05) is 45.0 Å². The van der Waals surface area contributed by atoms with Gasteiger partial charge in [-0.15, -0.1) is 11.3 Å². The van der Waals surface area contributed by atoms with Crippen molar-refractivity contribution in [1.82, 2.24) is 0 Å². The molecule has 0 fully saturated rings. The lowest BCUT2D eigenvalue weighted by atomic mass is 9.86. The van der Waals surface area contributed by atoms with E-state index in [1.165, 1.54) is 16.9 Å². The summed E-state index contributed by atoms with van der Waals surface area (Å²) < 4.78 is 0. The zero-order valence-electron chi connectivity index (χ0n) is 10.4. The molecular formula is C15H16OS. The lowest BCUT2D eigenvalue weighted by Gasteiger charge is -2.19. The highest BCUT2D eigenvalue weighted by Gasteiger charge is 2.13. The number of benzene rings is 1. The summed E-state index contributed by atoms with van der Waals surface area (Å²) in [4.78, 5) is 11.7. The molecule has 0 N–H and O–H groups in total. The highest BCUT2D eigenvalue weighted by atomic mass is 32.1. The number of rotatable bonds is 2. The molecule has 0 aliphatic rings. The van der Waals surface area contributed by atoms with Gasteiger partial charge in [0.25, 0.3) is 0 Å². The molecule has 2 aromatic rings. The number of hydrogen-bond acceptors (Lipinski definition) is 2. The Morgan fingerprint density at radius 2 is 1.71 bits per heavy atom. The summed E-state index contributed by atoms with van der Waals surface area (Å²) in [5, 5.41) is 1.96. The number of carbonyl (C=O) groups is 1. The predicted octanol–water partition coefficient (Wildman–Crippen LogP) is 4.53. The van der Waals surface area contributed by atoms with Gasteiger partial charge in [0.1, 0.15) is 0 Å². The summed E-state index contributed by atoms with van der Waals surface area (Å²) in [6.07, 6.45) is 0.928. The lowest BCUT2D eigenvalue weighted by molar-refractivity contribution is 0.112. The van der Waals surface area contributed by atoms with Gasteiger partial charge in [-0.05, 0) is 28.0 Å². The van der Waals surface area contributed by atoms with E-state index in [9.17, 15) is 4.79 Å². The van der Waals surface area contributed by atoms with E-state index in [1.54, 1.807) is 0 Å². The van der Waals surface area contributed by atoms with Crippen LogP contribution in [-0.2, 0) is 5.41 Å². The third-order valence-electron chi connectivity index (χ3n) is 2.86. The SMILES string of the molecule is CC(C)(C)c1ccc(-c2ccsc2C=O)cc1. The normalized spacial score (nSPS) is 11.5. The first-order chi connectivity index (χ1) is 8.02. The van der Waals surface area contributed by atoms with Crippen molar-refractivity contribution in [3.05, 3.63) is 46.2 Å². The zero-order chi connectivity index (χ0) is 12.5. The van der Waals surface area contributed by atoms with Crippen LogP contribution in [0.1, 0.15) is 36.0 Å². The Morgan fingerprint density at radius 3 is 2.24 bits per heavy atom. The molecular weight excluding hydrogens is 228 g/mol. The van der Waals surface area contributed by atoms with Crippen LogP contribution in [-0.4, -0.2) is 6.29 Å². The Bertz CT molecular complexity index is 515. The predicted molar refractivity (Wildman–Crippen MR) is 73.8 cm³/mol. The highest BCUT2D eigenvalue weighted by Crippen LogP contribution is 2.29. The van der Waals surface area contributed by atoms with E-state index in [4.69, 9.17) is 0 Å². The third-order valence-corrected chi connectivity index (χ3v) is 3.71. The minimum atomic E-state index is 0.167. The molecule has 0 saturated heterocycles. The van der Waals surface area contributed by atoms with Crippen LogP contribution in [0.3, 0.4) is 0 Å². The smallest absolute Gasteiger partial charge is 0.160 e. The van der Waals surface area contributed by atoms with Crippen LogP contribution in [0.25, 0.3) is 11.1 Å². The van der Waals surface area contributed by atoms with Gasteiger partial charge in [-0.2, -0.15) is 0 Å². The first-order valence-electron chi connectivity index (χ1n) is 5.66. The summed E-state index contributed by atoms with van der Waals surface area (Å²) in [6.45, 7) is 6.59. The maximum absolute atomic E-state index is 10.9. The van der Waals surface area contributed by atoms with Crippen molar-refractivity contribution in [2.24, 2.45) is 0 Å². The maximum Gasteiger partial charge on any atom is 0.160 e. The molecule has 2 heteroatoms. The van der Waals surface area contributed by atoms with E-state index < -0.39 is 0 Å². The van der Waals surface area contributed by atoms with Crippen molar-refractivity contribution in [1.29, 1.82) is 0 Å². The largest absolute Gasteiger partial charge is 0.297 e. The van der Waals surface area contributed by atoms with Crippen molar-refractivity contribution >= 4 is 17.6 Å². The Kier molecular flexibility index (Phi) is 3.16. The van der Waals surface area contributed by atoms with Gasteiger partial charge in [0, 0.05) is 5.56 Å². The fourth-order valence-corrected chi connectivity index (χ4v) is 2.52. The van der Waals surface area contributed by atoms with Gasteiger partial charge in [0.05, 0.1) is 4.88 Å². The highest BCUT2D eigenvalue weighted by molar-refractivity contribution is 7.12. The van der Waals surface area contributed by atoms with Gasteiger partial charge in [-0.3, -0.25) is 4.79 Å². The van der Waals surface area contributed by atoms with E-state index >= 15 is 0 Å². The molecule has 88 valence electrons. The Balaban J connectivity index is 2.39. The second kappa shape index (κ2) is 4.46. The monoisotopic (exact) mass is 244 g/mol. The van der Waals surface area contributed by atoms with E-state index in [0.717, 1.165) is 22.3 Å². The average Bonchev–Trinajstić information content (AvgIpc) is 2.76. The van der Waals surface area contributed by atoms with E-state index in [2.05, 4.69) is 45.0 Å². The van der Waals surface area contributed by atoms with Crippen LogP contribution >= 0.6 is 11.3 Å². The molecule has 0 spiro atoms. The molecule has 1 aromatic heterocycles. The summed E-state index contributed by atoms with van der Waals surface area (Å²) in [5.74, 6) is 0. The quantitative estimate of drug-likeness (QED) is 0.710. The molecule has 0 amide bonds. The number of carbonyl (C=O) groups excluding carboxylic acids is 1. The first-order valence-corrected chi connectivity index (χ1v) is 6.54. The van der Waals surface area contributed by atoms with Crippen molar-refractivity contribution in [3.63, 3.8) is 0 Å². The molecule has 1 aromatic carbocycles. The zero-order valence-corrected chi connectivity index (χ0v) is 11.2. The standard InChI is InChI=1S/C15H16OS/c1-15(2,3)12-6-4-11(5-7-12)13-8-9-17-14(13)10-16/h4-10H,1-3H3. The fraction of sp³-hybridized carbons (Fsp3) is 0.267. The van der Waals surface area contributed by atoms with Gasteiger partial charge < -0.3 is 0 Å². The van der Waals surface area contributed by atoms with Crippen molar-refractivity contribution < 1.29 is 4.79 Å². The minimum absolute atomic E-state index is 0.167. The Labute approximate surface area is 106 Å². The molecule has 0 aliphatic carbocycles. The first kappa shape index (κ1) is 12.1. The summed E-state index contributed by atoms with van der Waals surface area (Å²) in [7, 11) is 0. The van der Waals surface area contributed by atoms with Gasteiger partial charge in [-0.25, -0.2) is 0 Å². The number of aldehydes is 1. The van der Waals surface area contributed by atoms with Crippen LogP contribution in [0, 0.1) is 0 Å². The molecule has 0 radical (unpaired) electrons. The fourth-order valence-electron chi connectivity index (χ4n) is 1.80. The van der Waals surface area contributed by atoms with Crippen molar-refractivity contribution in [3.8, 4) is 11.1 Å². The topological polar surface area (TPSA) is 17.1 Å². The Hall–Kier alpha value is -1.41. The molecule has 2 rings (SSSR count). The summed E-state index contributed by atoms with van der Waals surface area (Å²) >= 11 is 1.49. The van der Waals surface area contributed by atoms with Crippen LogP contribution in [0.2, 0.25) is 0 Å². The van der Waals surface area contributed by atoms with Gasteiger partial charge in [0.15, 0.2) is 6.29 Å². The molecule has 0 unspecified atom stereocenters. The number of thiophene rings is 1. The molecule has 0 atom stereocenters. The van der Waals surface area contributed by atoms with E-state index in [-0.39, 0.29) is 5.41 Å². The number of hydrogen-bond donors (Lipinski definition) is 0. The second-order valence-electron chi connectivity index (χ2n) is 5.14. The van der Waals surface area contributed by atoms with Crippen LogP contribution in [0.4, 0.5) is 0 Å². The molecule has 1 heterocycles. The van der Waals surface area contributed by atoms with E-state index in [0.29, 0.717) is 0 Å². The van der Waals surface area contributed by atoms with Crippen LogP contribution in [0.15, 0.2) is 35.7 Å². The second-order valence-corrected chi connectivity index (χ2v) is 6.09. The molecule has 1 nitrogen and oxygen atoms in total. The van der Waals surface area contributed by atoms with Crippen molar-refractivity contribution in [2.75, 3.05) is 0 Å². The molecule has 0 aliphatic heterocycles. The maximum atomic E-state index is 10.9. The van der Waals surface area contributed by atoms with Crippen LogP contribution < -0.4 is 0 Å². The van der Waals surface area contributed by atoms with Crippen LogP contribution in [0.5, 0.6) is 0 Å². The van der Waals surface area contributed by atoms with Crippen molar-refractivity contribution in [2.45, 2.75) is 26.2 Å². The Morgan fingerprint density at radius 1 is 1.06 bits per heavy atom. The molecule has 17 heavy (non-hydrogen) atoms. The lowest BCUT2D eigenvalue weighted by Crippen LogP contribution is -2.10. The van der Waals surface area contributed by atoms with Gasteiger partial charge in [0.2, 0.25) is 0 Å². The average molecular weight is 244 g/mol. The summed E-state index contributed by atoms with van der Waals surface area (Å²) in [5.41, 5.74) is 3.62.